The maximum Gasteiger partial charge on any atom is 0.326 e. The lowest BCUT2D eigenvalue weighted by atomic mass is 10.1. The first-order chi connectivity index (χ1) is 10.7. The van der Waals surface area contributed by atoms with Gasteiger partial charge in [-0.1, -0.05) is 0 Å². The molecule has 1 aromatic rings. The molecule has 1 aromatic carbocycles. The average Bonchev–Trinajstić information content (AvgIpc) is 2.50. The van der Waals surface area contributed by atoms with Crippen LogP contribution in [0.4, 0.5) is 5.69 Å². The number of hydrogen-bond acceptors (Lipinski definition) is 5. The minimum Gasteiger partial charge on any atom is -0.480 e. The van der Waals surface area contributed by atoms with Crippen molar-refractivity contribution in [2.45, 2.75) is 19.9 Å². The quantitative estimate of drug-likeness (QED) is 0.559. The van der Waals surface area contributed by atoms with Crippen LogP contribution in [0.1, 0.15) is 24.2 Å². The van der Waals surface area contributed by atoms with Crippen LogP contribution in [0.3, 0.4) is 0 Å². The van der Waals surface area contributed by atoms with E-state index in [0.29, 0.717) is 0 Å². The fraction of sp³-hybridized carbons (Fsp3) is 0.357. The summed E-state index contributed by atoms with van der Waals surface area (Å²) in [5.74, 6) is -2.07. The van der Waals surface area contributed by atoms with Crippen LogP contribution >= 0.6 is 0 Å². The van der Waals surface area contributed by atoms with E-state index in [4.69, 9.17) is 5.11 Å². The molecule has 0 spiro atoms. The number of aliphatic carboxylic acids is 1. The Hall–Kier alpha value is -2.97. The summed E-state index contributed by atoms with van der Waals surface area (Å²) in [6, 6.07) is 3.77. The van der Waals surface area contributed by atoms with Crippen LogP contribution < -0.4 is 5.32 Å². The number of hydrogen-bond donors (Lipinski definition) is 2. The Morgan fingerprint density at radius 2 is 1.87 bits per heavy atom. The normalized spacial score (nSPS) is 11.4. The molecule has 1 rings (SSSR count). The number of nitro groups is 1. The van der Waals surface area contributed by atoms with Gasteiger partial charge in [-0.25, -0.2) is 4.79 Å². The van der Waals surface area contributed by atoms with Crippen LogP contribution in [0.25, 0.3) is 0 Å². The molecule has 0 aliphatic heterocycles. The fourth-order valence-electron chi connectivity index (χ4n) is 1.85. The summed E-state index contributed by atoms with van der Waals surface area (Å²) in [6.45, 7) is 2.76. The summed E-state index contributed by atoms with van der Waals surface area (Å²) in [5.41, 5.74) is -0.0378. The smallest absolute Gasteiger partial charge is 0.326 e. The Balaban J connectivity index is 2.95. The number of nitrogens with zero attached hydrogens (tertiary/aromatic N) is 2. The van der Waals surface area contributed by atoms with Gasteiger partial charge in [-0.05, 0) is 19.1 Å². The number of rotatable bonds is 7. The van der Waals surface area contributed by atoms with Crippen molar-refractivity contribution in [2.75, 3.05) is 13.1 Å². The van der Waals surface area contributed by atoms with Crippen molar-refractivity contribution in [3.05, 3.63) is 39.9 Å². The molecule has 2 N–H and O–H groups in total. The predicted molar refractivity (Wildman–Crippen MR) is 79.9 cm³/mol. The number of carboxylic acid groups (broad SMARTS) is 1. The zero-order chi connectivity index (χ0) is 17.6. The van der Waals surface area contributed by atoms with E-state index < -0.39 is 22.8 Å². The van der Waals surface area contributed by atoms with Gasteiger partial charge in [0.2, 0.25) is 5.91 Å². The van der Waals surface area contributed by atoms with Gasteiger partial charge in [0.15, 0.2) is 0 Å². The second kappa shape index (κ2) is 7.87. The van der Waals surface area contributed by atoms with E-state index in [1.165, 1.54) is 38.1 Å². The van der Waals surface area contributed by atoms with Crippen LogP contribution in [0.15, 0.2) is 24.3 Å². The van der Waals surface area contributed by atoms with Gasteiger partial charge in [-0.3, -0.25) is 19.7 Å². The van der Waals surface area contributed by atoms with Crippen LogP contribution in [0.5, 0.6) is 0 Å². The molecule has 0 aliphatic rings. The summed E-state index contributed by atoms with van der Waals surface area (Å²) in [5, 5.41) is 22.2. The zero-order valence-electron chi connectivity index (χ0n) is 12.7. The van der Waals surface area contributed by atoms with Gasteiger partial charge in [0.1, 0.15) is 6.04 Å². The molecule has 2 amide bonds. The molecule has 9 nitrogen and oxygen atoms in total. The molecule has 0 aromatic heterocycles. The highest BCUT2D eigenvalue weighted by molar-refractivity contribution is 5.96. The third-order valence-corrected chi connectivity index (χ3v) is 3.14. The lowest BCUT2D eigenvalue weighted by Crippen LogP contribution is -2.46. The van der Waals surface area contributed by atoms with Crippen molar-refractivity contribution in [2.24, 2.45) is 0 Å². The van der Waals surface area contributed by atoms with Gasteiger partial charge in [0, 0.05) is 37.7 Å². The number of amides is 2. The van der Waals surface area contributed by atoms with Crippen molar-refractivity contribution >= 4 is 23.5 Å². The van der Waals surface area contributed by atoms with E-state index in [1.54, 1.807) is 0 Å². The molecule has 0 bridgehead atoms. The summed E-state index contributed by atoms with van der Waals surface area (Å²) in [6.07, 6.45) is 0. The lowest BCUT2D eigenvalue weighted by molar-refractivity contribution is -0.384. The Morgan fingerprint density at radius 3 is 2.30 bits per heavy atom. The van der Waals surface area contributed by atoms with Crippen LogP contribution in [0, 0.1) is 10.1 Å². The van der Waals surface area contributed by atoms with E-state index >= 15 is 0 Å². The van der Waals surface area contributed by atoms with E-state index in [-0.39, 0.29) is 30.2 Å². The van der Waals surface area contributed by atoms with Crippen LogP contribution in [0.2, 0.25) is 0 Å². The number of benzene rings is 1. The van der Waals surface area contributed by atoms with Crippen LogP contribution in [-0.4, -0.2) is 51.8 Å². The summed E-state index contributed by atoms with van der Waals surface area (Å²) < 4.78 is 0. The molecular weight excluding hydrogens is 306 g/mol. The zero-order valence-corrected chi connectivity index (χ0v) is 12.7. The van der Waals surface area contributed by atoms with Crippen molar-refractivity contribution in [3.8, 4) is 0 Å². The minimum atomic E-state index is -1.19. The SMILES string of the molecule is CC(=O)NCCN(C(=O)c1ccc([N+](=O)[O-])cc1)C(C)C(=O)O. The van der Waals surface area contributed by atoms with Crippen molar-refractivity contribution < 1.29 is 24.4 Å². The largest absolute Gasteiger partial charge is 0.480 e. The number of nitro benzene ring substituents is 1. The van der Waals surface area contributed by atoms with E-state index in [2.05, 4.69) is 5.32 Å². The predicted octanol–water partition coefficient (Wildman–Crippen LogP) is 0.646. The van der Waals surface area contributed by atoms with E-state index in [9.17, 15) is 24.5 Å². The highest BCUT2D eigenvalue weighted by Gasteiger charge is 2.26. The molecule has 0 heterocycles. The van der Waals surface area contributed by atoms with Gasteiger partial charge in [0.05, 0.1) is 4.92 Å². The van der Waals surface area contributed by atoms with Crippen molar-refractivity contribution in [1.29, 1.82) is 0 Å². The Labute approximate surface area is 132 Å². The van der Waals surface area contributed by atoms with Gasteiger partial charge < -0.3 is 15.3 Å². The van der Waals surface area contributed by atoms with E-state index in [1.807, 2.05) is 0 Å². The van der Waals surface area contributed by atoms with Crippen molar-refractivity contribution in [1.82, 2.24) is 10.2 Å². The molecule has 1 atom stereocenters. The maximum atomic E-state index is 12.4. The molecule has 1 unspecified atom stereocenters. The topological polar surface area (TPSA) is 130 Å². The first kappa shape index (κ1) is 18.1. The second-order valence-corrected chi connectivity index (χ2v) is 4.80. The molecule has 9 heteroatoms. The monoisotopic (exact) mass is 323 g/mol. The molecule has 0 fully saturated rings. The van der Waals surface area contributed by atoms with Crippen LogP contribution in [-0.2, 0) is 9.59 Å². The van der Waals surface area contributed by atoms with Gasteiger partial charge in [-0.2, -0.15) is 0 Å². The Kier molecular flexibility index (Phi) is 6.19. The third-order valence-electron chi connectivity index (χ3n) is 3.14. The number of carbonyl (C=O) groups excluding carboxylic acids is 2. The number of nitrogens with one attached hydrogen (secondary N) is 1. The average molecular weight is 323 g/mol. The Morgan fingerprint density at radius 1 is 1.30 bits per heavy atom. The highest BCUT2D eigenvalue weighted by atomic mass is 16.6. The summed E-state index contributed by atoms with van der Waals surface area (Å²) in [4.78, 5) is 45.5. The summed E-state index contributed by atoms with van der Waals surface area (Å²) in [7, 11) is 0. The van der Waals surface area contributed by atoms with Gasteiger partial charge >= 0.3 is 5.97 Å². The molecule has 0 radical (unpaired) electrons. The van der Waals surface area contributed by atoms with Gasteiger partial charge in [0.25, 0.3) is 11.6 Å². The second-order valence-electron chi connectivity index (χ2n) is 4.80. The van der Waals surface area contributed by atoms with Crippen molar-refractivity contribution in [3.63, 3.8) is 0 Å². The first-order valence-electron chi connectivity index (χ1n) is 6.76. The maximum absolute atomic E-state index is 12.4. The first-order valence-corrected chi connectivity index (χ1v) is 6.76. The fourth-order valence-corrected chi connectivity index (χ4v) is 1.85. The lowest BCUT2D eigenvalue weighted by Gasteiger charge is -2.26. The molecule has 0 saturated carbocycles. The number of non-ortho nitro benzene ring substituents is 1. The number of carboxylic acids is 1. The minimum absolute atomic E-state index is 0.00284. The highest BCUT2D eigenvalue weighted by Crippen LogP contribution is 2.14. The molecule has 23 heavy (non-hydrogen) atoms. The standard InChI is InChI=1S/C14H17N3O6/c1-9(14(20)21)16(8-7-15-10(2)18)13(19)11-3-5-12(6-4-11)17(22)23/h3-6,9H,7-8H2,1-2H3,(H,15,18)(H,20,21). The molecule has 0 saturated heterocycles. The molecule has 124 valence electrons. The van der Waals surface area contributed by atoms with E-state index in [0.717, 1.165) is 4.90 Å². The summed E-state index contributed by atoms with van der Waals surface area (Å²) >= 11 is 0. The third kappa shape index (κ3) is 5.06. The Bertz CT molecular complexity index is 613. The molecule has 0 aliphatic carbocycles. The van der Waals surface area contributed by atoms with Gasteiger partial charge in [-0.15, -0.1) is 0 Å². The molecular formula is C14H17N3O6. The number of carbonyl (C=O) groups is 3.